The first-order chi connectivity index (χ1) is 14.7. The maximum absolute atomic E-state index is 12.6. The molecular weight excluding hydrogens is 490 g/mol. The van der Waals surface area contributed by atoms with Crippen LogP contribution >= 0.6 is 46.4 Å². The number of nitro groups is 1. The van der Waals surface area contributed by atoms with E-state index in [9.17, 15) is 19.7 Å². The van der Waals surface area contributed by atoms with Gasteiger partial charge in [-0.2, -0.15) is 0 Å². The van der Waals surface area contributed by atoms with E-state index in [0.717, 1.165) is 6.07 Å². The van der Waals surface area contributed by atoms with Crippen LogP contribution < -0.4 is 10.6 Å². The fourth-order valence-electron chi connectivity index (χ4n) is 2.54. The molecule has 158 valence electrons. The van der Waals surface area contributed by atoms with Gasteiger partial charge < -0.3 is 10.6 Å². The van der Waals surface area contributed by atoms with Crippen LogP contribution in [0.3, 0.4) is 0 Å². The standard InChI is InChI=1S/C19H10Cl4N4O4/c20-9-3-1-4-10(21)15(9)18(28)25-14-8-7-13(27(30)31)17(24-14)26-19(29)16-11(22)5-2-6-12(16)23/h1-8H,(H2,24,25,26,28,29). The van der Waals surface area contributed by atoms with E-state index in [1.54, 1.807) is 6.07 Å². The van der Waals surface area contributed by atoms with Crippen molar-refractivity contribution in [3.05, 3.63) is 89.9 Å². The van der Waals surface area contributed by atoms with Gasteiger partial charge in [0.1, 0.15) is 5.82 Å². The zero-order valence-electron chi connectivity index (χ0n) is 15.2. The van der Waals surface area contributed by atoms with Gasteiger partial charge in [0.2, 0.25) is 5.82 Å². The number of halogens is 4. The molecule has 0 radical (unpaired) electrons. The number of nitrogens with one attached hydrogen (secondary N) is 2. The van der Waals surface area contributed by atoms with E-state index < -0.39 is 28.2 Å². The van der Waals surface area contributed by atoms with E-state index in [-0.39, 0.29) is 37.0 Å². The summed E-state index contributed by atoms with van der Waals surface area (Å²) in [4.78, 5) is 39.7. The normalized spacial score (nSPS) is 10.5. The van der Waals surface area contributed by atoms with Crippen molar-refractivity contribution in [3.63, 3.8) is 0 Å². The zero-order chi connectivity index (χ0) is 22.7. The molecule has 1 heterocycles. The van der Waals surface area contributed by atoms with Gasteiger partial charge in [0.05, 0.1) is 36.1 Å². The number of amides is 2. The molecule has 12 heteroatoms. The molecule has 2 aromatic carbocycles. The summed E-state index contributed by atoms with van der Waals surface area (Å²) in [7, 11) is 0. The quantitative estimate of drug-likeness (QED) is 0.324. The molecule has 2 amide bonds. The molecule has 0 aliphatic rings. The minimum Gasteiger partial charge on any atom is -0.306 e. The second-order valence-electron chi connectivity index (χ2n) is 5.92. The third kappa shape index (κ3) is 5.05. The number of carbonyl (C=O) groups is 2. The van der Waals surface area contributed by atoms with E-state index in [1.807, 2.05) is 0 Å². The lowest BCUT2D eigenvalue weighted by Gasteiger charge is -2.11. The highest BCUT2D eigenvalue weighted by Crippen LogP contribution is 2.29. The van der Waals surface area contributed by atoms with Crippen molar-refractivity contribution < 1.29 is 14.5 Å². The SMILES string of the molecule is O=C(Nc1ccc([N+](=O)[O-])c(NC(=O)c2c(Cl)cccc2Cl)n1)c1c(Cl)cccc1Cl. The van der Waals surface area contributed by atoms with E-state index >= 15 is 0 Å². The predicted octanol–water partition coefficient (Wildman–Crippen LogP) is 6.11. The highest BCUT2D eigenvalue weighted by molar-refractivity contribution is 6.41. The maximum atomic E-state index is 12.6. The van der Waals surface area contributed by atoms with Crippen LogP contribution in [0.4, 0.5) is 17.3 Å². The molecule has 0 aliphatic heterocycles. The summed E-state index contributed by atoms with van der Waals surface area (Å²) in [5.41, 5.74) is -0.594. The van der Waals surface area contributed by atoms with E-state index in [2.05, 4.69) is 15.6 Å². The molecular formula is C19H10Cl4N4O4. The van der Waals surface area contributed by atoms with Crippen LogP contribution in [0.5, 0.6) is 0 Å². The van der Waals surface area contributed by atoms with Crippen molar-refractivity contribution in [3.8, 4) is 0 Å². The Morgan fingerprint density at radius 2 is 1.23 bits per heavy atom. The Hall–Kier alpha value is -2.91. The van der Waals surface area contributed by atoms with Crippen LogP contribution in [0.2, 0.25) is 20.1 Å². The molecule has 3 rings (SSSR count). The molecule has 1 aromatic heterocycles. The minimum absolute atomic E-state index is 0.000536. The average molecular weight is 500 g/mol. The van der Waals surface area contributed by atoms with E-state index in [1.165, 1.54) is 36.4 Å². The van der Waals surface area contributed by atoms with Crippen LogP contribution in [0.15, 0.2) is 48.5 Å². The Bertz CT molecular complexity index is 1180. The topological polar surface area (TPSA) is 114 Å². The Balaban J connectivity index is 1.94. The third-order valence-corrected chi connectivity index (χ3v) is 5.18. The van der Waals surface area contributed by atoms with Gasteiger partial charge in [-0.3, -0.25) is 19.7 Å². The van der Waals surface area contributed by atoms with Crippen LogP contribution in [-0.2, 0) is 0 Å². The molecule has 0 atom stereocenters. The molecule has 0 fully saturated rings. The van der Waals surface area contributed by atoms with Gasteiger partial charge in [0.15, 0.2) is 0 Å². The summed E-state index contributed by atoms with van der Waals surface area (Å²) >= 11 is 24.1. The molecule has 0 spiro atoms. The highest BCUT2D eigenvalue weighted by Gasteiger charge is 2.23. The maximum Gasteiger partial charge on any atom is 0.311 e. The Kier molecular flexibility index (Phi) is 6.97. The van der Waals surface area contributed by atoms with Gasteiger partial charge in [0.25, 0.3) is 11.8 Å². The molecule has 2 N–H and O–H groups in total. The number of nitrogens with zero attached hydrogens (tertiary/aromatic N) is 2. The van der Waals surface area contributed by atoms with Gasteiger partial charge in [-0.1, -0.05) is 58.5 Å². The monoisotopic (exact) mass is 498 g/mol. The third-order valence-electron chi connectivity index (χ3n) is 3.92. The number of anilines is 2. The summed E-state index contributed by atoms with van der Waals surface area (Å²) in [5, 5.41) is 16.4. The van der Waals surface area contributed by atoms with Gasteiger partial charge in [-0.15, -0.1) is 0 Å². The fraction of sp³-hybridized carbons (Fsp3) is 0. The largest absolute Gasteiger partial charge is 0.311 e. The summed E-state index contributed by atoms with van der Waals surface area (Å²) in [6, 6.07) is 11.2. The van der Waals surface area contributed by atoms with Crippen molar-refractivity contribution in [1.29, 1.82) is 0 Å². The molecule has 0 saturated heterocycles. The minimum atomic E-state index is -0.816. The summed E-state index contributed by atoms with van der Waals surface area (Å²) < 4.78 is 0. The van der Waals surface area contributed by atoms with E-state index in [4.69, 9.17) is 46.4 Å². The molecule has 0 saturated carbocycles. The molecule has 0 aliphatic carbocycles. The number of pyridine rings is 1. The number of benzene rings is 2. The lowest BCUT2D eigenvalue weighted by Crippen LogP contribution is -2.18. The number of hydrogen-bond donors (Lipinski definition) is 2. The first-order valence-corrected chi connectivity index (χ1v) is 9.86. The summed E-state index contributed by atoms with van der Waals surface area (Å²) in [6.07, 6.45) is 0. The lowest BCUT2D eigenvalue weighted by atomic mass is 10.2. The predicted molar refractivity (Wildman–Crippen MR) is 120 cm³/mol. The van der Waals surface area contributed by atoms with Crippen LogP contribution in [0.1, 0.15) is 20.7 Å². The summed E-state index contributed by atoms with van der Waals surface area (Å²) in [6.45, 7) is 0. The van der Waals surface area contributed by atoms with Crippen molar-refractivity contribution in [2.75, 3.05) is 10.6 Å². The second kappa shape index (κ2) is 9.49. The van der Waals surface area contributed by atoms with E-state index in [0.29, 0.717) is 0 Å². The van der Waals surface area contributed by atoms with Gasteiger partial charge in [-0.25, -0.2) is 4.98 Å². The van der Waals surface area contributed by atoms with Crippen molar-refractivity contribution in [2.24, 2.45) is 0 Å². The van der Waals surface area contributed by atoms with Crippen molar-refractivity contribution >= 4 is 75.5 Å². The Morgan fingerprint density at radius 3 is 1.68 bits per heavy atom. The van der Waals surface area contributed by atoms with Gasteiger partial charge in [-0.05, 0) is 30.3 Å². The Morgan fingerprint density at radius 1 is 0.774 bits per heavy atom. The van der Waals surface area contributed by atoms with Gasteiger partial charge in [0, 0.05) is 6.07 Å². The molecule has 8 nitrogen and oxygen atoms in total. The Labute approximate surface area is 195 Å². The molecule has 0 unspecified atom stereocenters. The van der Waals surface area contributed by atoms with Gasteiger partial charge >= 0.3 is 5.69 Å². The lowest BCUT2D eigenvalue weighted by molar-refractivity contribution is -0.384. The number of hydrogen-bond acceptors (Lipinski definition) is 5. The molecule has 31 heavy (non-hydrogen) atoms. The van der Waals surface area contributed by atoms with Crippen molar-refractivity contribution in [2.45, 2.75) is 0 Å². The molecule has 3 aromatic rings. The average Bonchev–Trinajstić information content (AvgIpc) is 2.67. The first kappa shape index (κ1) is 22.8. The second-order valence-corrected chi connectivity index (χ2v) is 7.55. The summed E-state index contributed by atoms with van der Waals surface area (Å²) in [5.74, 6) is -2.02. The van der Waals surface area contributed by atoms with Crippen LogP contribution in [0.25, 0.3) is 0 Å². The van der Waals surface area contributed by atoms with Crippen molar-refractivity contribution in [1.82, 2.24) is 4.98 Å². The van der Waals surface area contributed by atoms with Crippen LogP contribution in [0, 0.1) is 10.1 Å². The first-order valence-electron chi connectivity index (χ1n) is 8.35. The molecule has 0 bridgehead atoms. The fourth-order valence-corrected chi connectivity index (χ4v) is 3.68. The van der Waals surface area contributed by atoms with Crippen LogP contribution in [-0.4, -0.2) is 21.7 Å². The number of rotatable bonds is 5. The zero-order valence-corrected chi connectivity index (χ0v) is 18.2. The highest BCUT2D eigenvalue weighted by atomic mass is 35.5. The smallest absolute Gasteiger partial charge is 0.306 e. The number of aromatic nitrogens is 1. The number of carbonyl (C=O) groups excluding carboxylic acids is 2.